The number of hydrogen-bond acceptors (Lipinski definition) is 2. The Labute approximate surface area is 112 Å². The average molecular weight is 252 g/mol. The topological polar surface area (TPSA) is 18.5 Å². The third-order valence-electron chi connectivity index (χ3n) is 2.75. The number of methoxy groups -OCH3 is 2. The van der Waals surface area contributed by atoms with Crippen LogP contribution >= 0.6 is 0 Å². The largest absolute Gasteiger partial charge is 0.352 e. The van der Waals surface area contributed by atoms with Crippen molar-refractivity contribution >= 4 is 0 Å². The van der Waals surface area contributed by atoms with Crippen molar-refractivity contribution in [2.75, 3.05) is 14.2 Å². The molecule has 0 aromatic carbocycles. The first-order valence-electron chi connectivity index (χ1n) is 6.98. The minimum Gasteiger partial charge on any atom is -0.352 e. The van der Waals surface area contributed by atoms with E-state index >= 15 is 0 Å². The normalized spacial score (nSPS) is 10.9. The summed E-state index contributed by atoms with van der Waals surface area (Å²) in [5.74, 6) is 0. The van der Waals surface area contributed by atoms with Crippen molar-refractivity contribution < 1.29 is 9.47 Å². The maximum Gasteiger partial charge on any atom is 0.176 e. The van der Waals surface area contributed by atoms with E-state index in [1.54, 1.807) is 14.2 Å². The van der Waals surface area contributed by atoms with Gasteiger partial charge in [-0.1, -0.05) is 45.1 Å². The van der Waals surface area contributed by atoms with E-state index < -0.39 is 0 Å². The highest BCUT2D eigenvalue weighted by atomic mass is 16.7. The zero-order valence-corrected chi connectivity index (χ0v) is 12.2. The van der Waals surface area contributed by atoms with E-state index in [9.17, 15) is 0 Å². The molecular weight excluding hydrogens is 224 g/mol. The van der Waals surface area contributed by atoms with Crippen LogP contribution < -0.4 is 0 Å². The lowest BCUT2D eigenvalue weighted by atomic mass is 10.1. The summed E-state index contributed by atoms with van der Waals surface area (Å²) < 4.78 is 10.0. The van der Waals surface area contributed by atoms with Gasteiger partial charge in [-0.15, -0.1) is 5.73 Å². The Kier molecular flexibility index (Phi) is 13.6. The fourth-order valence-corrected chi connectivity index (χ4v) is 1.63. The van der Waals surface area contributed by atoms with Crippen molar-refractivity contribution in [1.29, 1.82) is 0 Å². The first kappa shape index (κ1) is 17.2. The Balaban J connectivity index is 3.51. The molecule has 0 unspecified atom stereocenters. The Hall–Kier alpha value is -0.820. The molecule has 18 heavy (non-hydrogen) atoms. The third-order valence-corrected chi connectivity index (χ3v) is 2.75. The Morgan fingerprint density at radius 3 is 2.33 bits per heavy atom. The van der Waals surface area contributed by atoms with Crippen molar-refractivity contribution in [3.8, 4) is 0 Å². The summed E-state index contributed by atoms with van der Waals surface area (Å²) in [5.41, 5.74) is 3.14. The highest BCUT2D eigenvalue weighted by molar-refractivity contribution is 5.03. The van der Waals surface area contributed by atoms with Gasteiger partial charge in [0, 0.05) is 14.2 Å². The van der Waals surface area contributed by atoms with Crippen LogP contribution in [0.3, 0.4) is 0 Å². The van der Waals surface area contributed by atoms with E-state index in [0.29, 0.717) is 0 Å². The molecule has 2 heteroatoms. The minimum atomic E-state index is -0.262. The molecule has 0 fully saturated rings. The zero-order valence-electron chi connectivity index (χ0n) is 12.2. The summed E-state index contributed by atoms with van der Waals surface area (Å²) in [6.45, 7) is 2.25. The van der Waals surface area contributed by atoms with Crippen LogP contribution in [-0.2, 0) is 9.47 Å². The molecule has 0 aliphatic heterocycles. The van der Waals surface area contributed by atoms with E-state index in [-0.39, 0.29) is 6.29 Å². The number of rotatable bonds is 11. The van der Waals surface area contributed by atoms with E-state index in [0.717, 1.165) is 6.42 Å². The van der Waals surface area contributed by atoms with Gasteiger partial charge in [-0.25, -0.2) is 0 Å². The van der Waals surface area contributed by atoms with Crippen molar-refractivity contribution in [3.63, 3.8) is 0 Å². The molecule has 0 spiro atoms. The molecule has 0 aliphatic rings. The van der Waals surface area contributed by atoms with Crippen LogP contribution in [-0.4, -0.2) is 20.5 Å². The number of ether oxygens (including phenoxy) is 2. The number of unbranched alkanes of at least 4 members (excludes halogenated alkanes) is 6. The lowest BCUT2D eigenvalue weighted by Crippen LogP contribution is -2.08. The fraction of sp³-hybridized carbons (Fsp3) is 0.688. The molecule has 0 aromatic rings. The molecule has 0 saturated carbocycles. The molecule has 104 valence electrons. The van der Waals surface area contributed by atoms with Crippen LogP contribution in [0.1, 0.15) is 51.9 Å². The molecule has 0 atom stereocenters. The van der Waals surface area contributed by atoms with Gasteiger partial charge in [0.05, 0.1) is 0 Å². The van der Waals surface area contributed by atoms with Crippen LogP contribution in [0.5, 0.6) is 0 Å². The zero-order chi connectivity index (χ0) is 13.5. The second kappa shape index (κ2) is 14.2. The summed E-state index contributed by atoms with van der Waals surface area (Å²) in [4.78, 5) is 0. The van der Waals surface area contributed by atoms with Gasteiger partial charge in [-0.3, -0.25) is 0 Å². The summed E-state index contributed by atoms with van der Waals surface area (Å²) in [5, 5.41) is 0. The second-order valence-corrected chi connectivity index (χ2v) is 4.32. The van der Waals surface area contributed by atoms with E-state index in [1.165, 1.54) is 38.5 Å². The average Bonchev–Trinajstić information content (AvgIpc) is 2.40. The van der Waals surface area contributed by atoms with E-state index in [4.69, 9.17) is 9.47 Å². The summed E-state index contributed by atoms with van der Waals surface area (Å²) in [6, 6.07) is 0. The lowest BCUT2D eigenvalue weighted by Gasteiger charge is -2.05. The Morgan fingerprint density at radius 1 is 1.00 bits per heavy atom. The quantitative estimate of drug-likeness (QED) is 0.231. The van der Waals surface area contributed by atoms with Crippen molar-refractivity contribution in [1.82, 2.24) is 0 Å². The maximum absolute atomic E-state index is 5.02. The van der Waals surface area contributed by atoms with Gasteiger partial charge < -0.3 is 9.47 Å². The van der Waals surface area contributed by atoms with Gasteiger partial charge in [-0.05, 0) is 31.1 Å². The molecule has 0 aliphatic carbocycles. The number of hydrogen-bond donors (Lipinski definition) is 0. The Bertz CT molecular complexity index is 246. The predicted molar refractivity (Wildman–Crippen MR) is 77.6 cm³/mol. The minimum absolute atomic E-state index is 0.262. The van der Waals surface area contributed by atoms with Gasteiger partial charge >= 0.3 is 0 Å². The summed E-state index contributed by atoms with van der Waals surface area (Å²) >= 11 is 0. The fourth-order valence-electron chi connectivity index (χ4n) is 1.63. The van der Waals surface area contributed by atoms with E-state index in [1.807, 2.05) is 18.2 Å². The molecule has 0 amide bonds. The van der Waals surface area contributed by atoms with Gasteiger partial charge in [0.25, 0.3) is 0 Å². The van der Waals surface area contributed by atoms with Crippen LogP contribution in [0.15, 0.2) is 30.0 Å². The standard InChI is InChI=1S/C16H28O2/c1-4-5-6-7-8-9-10-11-12-13-14-15-16(17-2)18-3/h11,13-16H,4-10H2,1-3H3/b15-14+. The molecular formula is C16H28O2. The van der Waals surface area contributed by atoms with Crippen molar-refractivity contribution in [2.45, 2.75) is 58.2 Å². The third kappa shape index (κ3) is 11.7. The van der Waals surface area contributed by atoms with Gasteiger partial charge in [0.1, 0.15) is 0 Å². The number of allylic oxidation sites excluding steroid dienone is 2. The highest BCUT2D eigenvalue weighted by Gasteiger charge is 1.94. The predicted octanol–water partition coefficient (Wildman–Crippen LogP) is 4.62. The molecule has 0 aromatic heterocycles. The molecule has 0 saturated heterocycles. The van der Waals surface area contributed by atoms with Gasteiger partial charge in [-0.2, -0.15) is 0 Å². The summed E-state index contributed by atoms with van der Waals surface area (Å²) in [7, 11) is 3.24. The lowest BCUT2D eigenvalue weighted by molar-refractivity contribution is -0.0666. The first-order chi connectivity index (χ1) is 8.85. The van der Waals surface area contributed by atoms with Crippen LogP contribution in [0.25, 0.3) is 0 Å². The molecule has 0 heterocycles. The Morgan fingerprint density at radius 2 is 1.67 bits per heavy atom. The second-order valence-electron chi connectivity index (χ2n) is 4.32. The summed E-state index contributed by atoms with van der Waals surface area (Å²) in [6.07, 6.45) is 16.6. The highest BCUT2D eigenvalue weighted by Crippen LogP contribution is 2.06. The van der Waals surface area contributed by atoms with Crippen LogP contribution in [0, 0.1) is 0 Å². The van der Waals surface area contributed by atoms with Crippen molar-refractivity contribution in [3.05, 3.63) is 30.0 Å². The first-order valence-corrected chi connectivity index (χ1v) is 6.98. The molecule has 2 nitrogen and oxygen atoms in total. The molecule has 0 bridgehead atoms. The monoisotopic (exact) mass is 252 g/mol. The maximum atomic E-state index is 5.02. The molecule has 0 radical (unpaired) electrons. The van der Waals surface area contributed by atoms with Crippen LogP contribution in [0.4, 0.5) is 0 Å². The SMILES string of the molecule is CCCCCCCCC=C=C/C=C/C(OC)OC. The molecule has 0 rings (SSSR count). The van der Waals surface area contributed by atoms with Crippen molar-refractivity contribution in [2.24, 2.45) is 0 Å². The van der Waals surface area contributed by atoms with Crippen LogP contribution in [0.2, 0.25) is 0 Å². The smallest absolute Gasteiger partial charge is 0.176 e. The molecule has 0 N–H and O–H groups in total. The van der Waals surface area contributed by atoms with Gasteiger partial charge in [0.15, 0.2) is 6.29 Å². The van der Waals surface area contributed by atoms with E-state index in [2.05, 4.69) is 18.7 Å². The van der Waals surface area contributed by atoms with Gasteiger partial charge in [0.2, 0.25) is 0 Å².